The van der Waals surface area contributed by atoms with Gasteiger partial charge in [0.15, 0.2) is 0 Å². The van der Waals surface area contributed by atoms with Gasteiger partial charge in [-0.3, -0.25) is 0 Å². The molecule has 3 heteroatoms. The summed E-state index contributed by atoms with van der Waals surface area (Å²) in [6.45, 7) is 7.24. The lowest BCUT2D eigenvalue weighted by Gasteiger charge is -2.17. The fourth-order valence-electron chi connectivity index (χ4n) is 2.49. The highest BCUT2D eigenvalue weighted by atomic mass is 79.9. The molecular formula is C16H17BrO2. The summed E-state index contributed by atoms with van der Waals surface area (Å²) in [5.41, 5.74) is 3.72. The van der Waals surface area contributed by atoms with Crippen LogP contribution in [-0.2, 0) is 5.41 Å². The van der Waals surface area contributed by atoms with Gasteiger partial charge in [-0.15, -0.1) is 0 Å². The molecule has 1 aromatic heterocycles. The van der Waals surface area contributed by atoms with Gasteiger partial charge in [0.05, 0.1) is 17.7 Å². The van der Waals surface area contributed by atoms with Crippen LogP contribution in [0.2, 0.25) is 0 Å². The van der Waals surface area contributed by atoms with Gasteiger partial charge in [0.2, 0.25) is 0 Å². The second kappa shape index (κ2) is 4.41. The van der Waals surface area contributed by atoms with E-state index in [2.05, 4.69) is 54.9 Å². The summed E-state index contributed by atoms with van der Waals surface area (Å²) in [6, 6.07) is 8.38. The monoisotopic (exact) mass is 320 g/mol. The molecule has 1 atom stereocenters. The third-order valence-corrected chi connectivity index (χ3v) is 4.69. The van der Waals surface area contributed by atoms with E-state index in [-0.39, 0.29) is 10.2 Å². The average Bonchev–Trinajstić information content (AvgIpc) is 2.93. The van der Waals surface area contributed by atoms with Crippen LogP contribution in [0.3, 0.4) is 0 Å². The first-order valence-electron chi connectivity index (χ1n) is 6.44. The number of furan rings is 1. The molecule has 19 heavy (non-hydrogen) atoms. The Labute approximate surface area is 121 Å². The Morgan fingerprint density at radius 3 is 2.74 bits per heavy atom. The Balaban J connectivity index is 2.02. The first-order valence-corrected chi connectivity index (χ1v) is 7.36. The summed E-state index contributed by atoms with van der Waals surface area (Å²) in [5, 5.41) is 0. The summed E-state index contributed by atoms with van der Waals surface area (Å²) in [5.74, 6) is 1.97. The van der Waals surface area contributed by atoms with E-state index >= 15 is 0 Å². The van der Waals surface area contributed by atoms with Gasteiger partial charge in [0.25, 0.3) is 0 Å². The predicted molar refractivity (Wildman–Crippen MR) is 79.2 cm³/mol. The SMILES string of the molecule is Cc1ccoc1C(Br)c1ccc2c(c1)C(C)(C)CO2. The smallest absolute Gasteiger partial charge is 0.124 e. The molecule has 0 aliphatic carbocycles. The molecule has 1 aliphatic rings. The molecule has 2 nitrogen and oxygen atoms in total. The van der Waals surface area contributed by atoms with Crippen molar-refractivity contribution < 1.29 is 9.15 Å². The normalized spacial score (nSPS) is 17.9. The van der Waals surface area contributed by atoms with Crippen LogP contribution in [0.1, 0.15) is 41.1 Å². The quantitative estimate of drug-likeness (QED) is 0.745. The van der Waals surface area contributed by atoms with E-state index in [0.717, 1.165) is 23.7 Å². The largest absolute Gasteiger partial charge is 0.492 e. The maximum absolute atomic E-state index is 5.72. The van der Waals surface area contributed by atoms with E-state index in [9.17, 15) is 0 Å². The number of halogens is 1. The van der Waals surface area contributed by atoms with Crippen molar-refractivity contribution in [3.05, 3.63) is 53.0 Å². The number of fused-ring (bicyclic) bond motifs is 1. The lowest BCUT2D eigenvalue weighted by atomic mass is 9.86. The van der Waals surface area contributed by atoms with Gasteiger partial charge in [-0.2, -0.15) is 0 Å². The first kappa shape index (κ1) is 12.8. The molecule has 2 heterocycles. The molecular weight excluding hydrogens is 304 g/mol. The predicted octanol–water partition coefficient (Wildman–Crippen LogP) is 4.74. The van der Waals surface area contributed by atoms with Crippen LogP contribution in [0, 0.1) is 6.92 Å². The van der Waals surface area contributed by atoms with Crippen LogP contribution in [-0.4, -0.2) is 6.61 Å². The Morgan fingerprint density at radius 2 is 2.05 bits per heavy atom. The number of hydrogen-bond acceptors (Lipinski definition) is 2. The van der Waals surface area contributed by atoms with Crippen LogP contribution in [0.4, 0.5) is 0 Å². The lowest BCUT2D eigenvalue weighted by molar-refractivity contribution is 0.291. The molecule has 0 saturated heterocycles. The van der Waals surface area contributed by atoms with Crippen LogP contribution < -0.4 is 4.74 Å². The fourth-order valence-corrected chi connectivity index (χ4v) is 3.25. The Hall–Kier alpha value is -1.22. The standard InChI is InChI=1S/C16H17BrO2/c1-10-6-7-18-15(10)14(17)11-4-5-13-12(8-11)16(2,3)9-19-13/h4-8,14H,9H2,1-3H3. The van der Waals surface area contributed by atoms with Gasteiger partial charge < -0.3 is 9.15 Å². The molecule has 0 spiro atoms. The average molecular weight is 321 g/mol. The number of ether oxygens (including phenoxy) is 1. The minimum absolute atomic E-state index is 0.0796. The van der Waals surface area contributed by atoms with Crippen LogP contribution >= 0.6 is 15.9 Å². The molecule has 0 amide bonds. The Bertz CT molecular complexity index is 613. The van der Waals surface area contributed by atoms with E-state index in [0.29, 0.717) is 0 Å². The summed E-state index contributed by atoms with van der Waals surface area (Å²) in [6.07, 6.45) is 1.74. The lowest BCUT2D eigenvalue weighted by Crippen LogP contribution is -2.18. The highest BCUT2D eigenvalue weighted by molar-refractivity contribution is 9.09. The first-order chi connectivity index (χ1) is 8.99. The van der Waals surface area contributed by atoms with Gasteiger partial charge in [-0.25, -0.2) is 0 Å². The topological polar surface area (TPSA) is 22.4 Å². The number of rotatable bonds is 2. The zero-order chi connectivity index (χ0) is 13.6. The van der Waals surface area contributed by atoms with Crippen molar-refractivity contribution in [1.29, 1.82) is 0 Å². The zero-order valence-electron chi connectivity index (χ0n) is 11.4. The molecule has 2 aromatic rings. The molecule has 3 rings (SSSR count). The number of aryl methyl sites for hydroxylation is 1. The number of hydrogen-bond donors (Lipinski definition) is 0. The molecule has 1 unspecified atom stereocenters. The van der Waals surface area contributed by atoms with E-state index in [4.69, 9.17) is 9.15 Å². The van der Waals surface area contributed by atoms with Crippen molar-refractivity contribution in [3.63, 3.8) is 0 Å². The molecule has 0 radical (unpaired) electrons. The van der Waals surface area contributed by atoms with Crippen LogP contribution in [0.25, 0.3) is 0 Å². The zero-order valence-corrected chi connectivity index (χ0v) is 13.0. The second-order valence-corrected chi connectivity index (χ2v) is 6.67. The molecule has 0 fully saturated rings. The minimum Gasteiger partial charge on any atom is -0.492 e. The Morgan fingerprint density at radius 1 is 1.26 bits per heavy atom. The third-order valence-electron chi connectivity index (χ3n) is 3.75. The molecule has 0 N–H and O–H groups in total. The van der Waals surface area contributed by atoms with E-state index in [1.54, 1.807) is 6.26 Å². The van der Waals surface area contributed by atoms with Gasteiger partial charge >= 0.3 is 0 Å². The minimum atomic E-state index is 0.0796. The third kappa shape index (κ3) is 2.10. The molecule has 0 saturated carbocycles. The van der Waals surface area contributed by atoms with Gasteiger partial charge in [-0.05, 0) is 36.2 Å². The molecule has 0 bridgehead atoms. The maximum atomic E-state index is 5.72. The van der Waals surface area contributed by atoms with Gasteiger partial charge in [0.1, 0.15) is 11.5 Å². The molecule has 1 aliphatic heterocycles. The highest BCUT2D eigenvalue weighted by Crippen LogP contribution is 2.42. The van der Waals surface area contributed by atoms with E-state index in [1.807, 2.05) is 6.07 Å². The van der Waals surface area contributed by atoms with Crippen molar-refractivity contribution in [2.24, 2.45) is 0 Å². The van der Waals surface area contributed by atoms with Crippen molar-refractivity contribution in [3.8, 4) is 5.75 Å². The van der Waals surface area contributed by atoms with Crippen molar-refractivity contribution in [1.82, 2.24) is 0 Å². The van der Waals surface area contributed by atoms with Crippen molar-refractivity contribution in [2.75, 3.05) is 6.61 Å². The van der Waals surface area contributed by atoms with Gasteiger partial charge in [0, 0.05) is 11.0 Å². The summed E-state index contributed by atoms with van der Waals surface area (Å²) < 4.78 is 11.3. The van der Waals surface area contributed by atoms with Crippen LogP contribution in [0.15, 0.2) is 34.9 Å². The van der Waals surface area contributed by atoms with Gasteiger partial charge in [-0.1, -0.05) is 35.8 Å². The fraction of sp³-hybridized carbons (Fsp3) is 0.375. The second-order valence-electron chi connectivity index (χ2n) is 5.76. The van der Waals surface area contributed by atoms with Crippen LogP contribution in [0.5, 0.6) is 5.75 Å². The molecule has 1 aromatic carbocycles. The molecule has 100 valence electrons. The summed E-state index contributed by atoms with van der Waals surface area (Å²) in [4.78, 5) is 0.0872. The summed E-state index contributed by atoms with van der Waals surface area (Å²) in [7, 11) is 0. The highest BCUT2D eigenvalue weighted by Gasteiger charge is 2.32. The maximum Gasteiger partial charge on any atom is 0.124 e. The van der Waals surface area contributed by atoms with Crippen molar-refractivity contribution in [2.45, 2.75) is 31.0 Å². The summed E-state index contributed by atoms with van der Waals surface area (Å²) >= 11 is 3.74. The van der Waals surface area contributed by atoms with E-state index < -0.39 is 0 Å². The van der Waals surface area contributed by atoms with Crippen molar-refractivity contribution >= 4 is 15.9 Å². The Kier molecular flexibility index (Phi) is 2.97. The van der Waals surface area contributed by atoms with E-state index in [1.165, 1.54) is 11.1 Å². The number of benzene rings is 1. The number of alkyl halides is 1.